The van der Waals surface area contributed by atoms with Gasteiger partial charge in [0.25, 0.3) is 0 Å². The highest BCUT2D eigenvalue weighted by Gasteiger charge is 2.31. The molecule has 3 heterocycles. The van der Waals surface area contributed by atoms with Crippen LogP contribution in [0.2, 0.25) is 10.0 Å². The molecule has 0 radical (unpaired) electrons. The predicted octanol–water partition coefficient (Wildman–Crippen LogP) is 6.34. The van der Waals surface area contributed by atoms with E-state index in [9.17, 15) is 9.90 Å². The molecule has 2 aromatic heterocycles. The van der Waals surface area contributed by atoms with Crippen molar-refractivity contribution < 1.29 is 14.6 Å². The quantitative estimate of drug-likeness (QED) is 0.194. The number of nitrogens with one attached hydrogen (secondary N) is 2. The van der Waals surface area contributed by atoms with Gasteiger partial charge in [-0.05, 0) is 67.9 Å². The van der Waals surface area contributed by atoms with Crippen molar-refractivity contribution in [3.63, 3.8) is 0 Å². The van der Waals surface area contributed by atoms with Gasteiger partial charge in [-0.2, -0.15) is 0 Å². The Morgan fingerprint density at radius 3 is 2.62 bits per heavy atom. The van der Waals surface area contributed by atoms with Crippen molar-refractivity contribution in [2.45, 2.75) is 32.1 Å². The van der Waals surface area contributed by atoms with E-state index in [0.717, 1.165) is 54.3 Å². The van der Waals surface area contributed by atoms with Gasteiger partial charge in [0.1, 0.15) is 23.9 Å². The molecular weight excluding hydrogens is 573 g/mol. The van der Waals surface area contributed by atoms with E-state index in [1.54, 1.807) is 24.5 Å². The van der Waals surface area contributed by atoms with Gasteiger partial charge >= 0.3 is 0 Å². The third-order valence-electron chi connectivity index (χ3n) is 7.60. The molecule has 2 aromatic carbocycles. The highest BCUT2D eigenvalue weighted by molar-refractivity contribution is 6.32. The summed E-state index contributed by atoms with van der Waals surface area (Å²) in [5, 5.41) is 14.4. The Labute approximate surface area is 256 Å². The van der Waals surface area contributed by atoms with Crippen molar-refractivity contribution in [2.75, 3.05) is 32.8 Å². The van der Waals surface area contributed by atoms with E-state index in [1.165, 1.54) is 0 Å². The number of phenols is 1. The number of rotatable bonds is 10. The SMILES string of the molecule is CC(C)(CNC(=O)[C@@H]1CCCN(CCOc2ccc(Cl)cc2)C1)c1nc(-c2ccc(Cl)c(O)c2)c(-c2ccncc2)[nH]1. The number of ether oxygens (including phenoxy) is 1. The number of pyridine rings is 1. The lowest BCUT2D eigenvalue weighted by molar-refractivity contribution is -0.127. The summed E-state index contributed by atoms with van der Waals surface area (Å²) in [5.41, 5.74) is 2.64. The Balaban J connectivity index is 1.23. The van der Waals surface area contributed by atoms with Crippen LogP contribution in [0.5, 0.6) is 11.5 Å². The number of phenolic OH excluding ortho intramolecular Hbond substituents is 1. The molecule has 0 spiro atoms. The summed E-state index contributed by atoms with van der Waals surface area (Å²) in [7, 11) is 0. The topological polar surface area (TPSA) is 103 Å². The molecule has 1 atom stereocenters. The molecule has 1 aliphatic heterocycles. The van der Waals surface area contributed by atoms with E-state index in [-0.39, 0.29) is 22.6 Å². The van der Waals surface area contributed by atoms with Crippen molar-refractivity contribution >= 4 is 29.1 Å². The molecule has 1 fully saturated rings. The molecule has 0 bridgehead atoms. The maximum absolute atomic E-state index is 13.3. The van der Waals surface area contributed by atoms with Crippen LogP contribution in [-0.4, -0.2) is 63.7 Å². The van der Waals surface area contributed by atoms with Gasteiger partial charge in [0.2, 0.25) is 5.91 Å². The maximum Gasteiger partial charge on any atom is 0.224 e. The fraction of sp³-hybridized carbons (Fsp3) is 0.344. The van der Waals surface area contributed by atoms with Crippen LogP contribution >= 0.6 is 23.2 Å². The van der Waals surface area contributed by atoms with E-state index in [4.69, 9.17) is 32.9 Å². The molecule has 1 saturated heterocycles. The Bertz CT molecular complexity index is 1510. The second kappa shape index (κ2) is 13.2. The minimum atomic E-state index is -0.495. The fourth-order valence-electron chi connectivity index (χ4n) is 5.12. The molecule has 10 heteroatoms. The number of H-pyrrole nitrogens is 1. The molecule has 4 aromatic rings. The number of piperidine rings is 1. The number of imidazole rings is 1. The summed E-state index contributed by atoms with van der Waals surface area (Å²) < 4.78 is 5.85. The average Bonchev–Trinajstić information content (AvgIpc) is 3.46. The number of aromatic nitrogens is 3. The summed E-state index contributed by atoms with van der Waals surface area (Å²) in [6.07, 6.45) is 5.27. The van der Waals surface area contributed by atoms with Crippen LogP contribution < -0.4 is 10.1 Å². The fourth-order valence-corrected chi connectivity index (χ4v) is 5.37. The minimum Gasteiger partial charge on any atom is -0.506 e. The second-order valence-corrected chi connectivity index (χ2v) is 12.1. The third kappa shape index (κ3) is 7.24. The van der Waals surface area contributed by atoms with Crippen molar-refractivity contribution in [1.29, 1.82) is 0 Å². The van der Waals surface area contributed by atoms with E-state index in [2.05, 4.69) is 20.2 Å². The van der Waals surface area contributed by atoms with E-state index >= 15 is 0 Å². The van der Waals surface area contributed by atoms with Crippen LogP contribution in [0.1, 0.15) is 32.5 Å². The number of likely N-dealkylation sites (tertiary alicyclic amines) is 1. The van der Waals surface area contributed by atoms with E-state index < -0.39 is 5.41 Å². The van der Waals surface area contributed by atoms with Crippen molar-refractivity contribution in [3.05, 3.63) is 82.9 Å². The molecular formula is C32H35Cl2N5O3. The normalized spacial score (nSPS) is 15.9. The lowest BCUT2D eigenvalue weighted by atomic mass is 9.91. The first-order chi connectivity index (χ1) is 20.2. The summed E-state index contributed by atoms with van der Waals surface area (Å²) in [4.78, 5) is 28.1. The molecule has 0 unspecified atom stereocenters. The van der Waals surface area contributed by atoms with Crippen LogP contribution in [0, 0.1) is 5.92 Å². The smallest absolute Gasteiger partial charge is 0.224 e. The summed E-state index contributed by atoms with van der Waals surface area (Å²) >= 11 is 12.0. The molecule has 8 nitrogen and oxygen atoms in total. The zero-order valence-corrected chi connectivity index (χ0v) is 25.3. The first-order valence-corrected chi connectivity index (χ1v) is 14.8. The molecule has 42 heavy (non-hydrogen) atoms. The molecule has 1 amide bonds. The summed E-state index contributed by atoms with van der Waals surface area (Å²) in [5.74, 6) is 1.47. The third-order valence-corrected chi connectivity index (χ3v) is 8.18. The van der Waals surface area contributed by atoms with Gasteiger partial charge in [-0.25, -0.2) is 4.98 Å². The molecule has 0 aliphatic carbocycles. The van der Waals surface area contributed by atoms with Crippen LogP contribution in [0.4, 0.5) is 0 Å². The summed E-state index contributed by atoms with van der Waals surface area (Å²) in [6.45, 7) is 7.47. The molecule has 220 valence electrons. The number of hydrogen-bond donors (Lipinski definition) is 3. The molecule has 3 N–H and O–H groups in total. The van der Waals surface area contributed by atoms with Gasteiger partial charge in [-0.1, -0.05) is 43.1 Å². The van der Waals surface area contributed by atoms with Crippen molar-refractivity contribution in [1.82, 2.24) is 25.2 Å². The van der Waals surface area contributed by atoms with Crippen LogP contribution in [0.15, 0.2) is 67.0 Å². The Morgan fingerprint density at radius 1 is 1.12 bits per heavy atom. The number of carbonyl (C=O) groups excluding carboxylic acids is 1. The predicted molar refractivity (Wildman–Crippen MR) is 166 cm³/mol. The Morgan fingerprint density at radius 2 is 1.88 bits per heavy atom. The van der Waals surface area contributed by atoms with Gasteiger partial charge < -0.3 is 20.1 Å². The Hall–Kier alpha value is -3.59. The lowest BCUT2D eigenvalue weighted by Gasteiger charge is -2.32. The van der Waals surface area contributed by atoms with Crippen LogP contribution in [0.3, 0.4) is 0 Å². The number of hydrogen-bond acceptors (Lipinski definition) is 6. The standard InChI is InChI=1S/C32H35Cl2N5O3/c1-32(2,20-36-30(41)23-4-3-15-39(19-23)16-17-42-25-8-6-24(33)7-9-25)31-37-28(21-11-13-35-14-12-21)29(38-31)22-5-10-26(34)27(40)18-22/h5-14,18,23,40H,3-4,15-17,19-20H2,1-2H3,(H,36,41)(H,37,38)/t23-/m1/s1. The van der Waals surface area contributed by atoms with Gasteiger partial charge in [-0.3, -0.25) is 14.7 Å². The summed E-state index contributed by atoms with van der Waals surface area (Å²) in [6, 6.07) is 16.2. The zero-order chi connectivity index (χ0) is 29.7. The minimum absolute atomic E-state index is 0.0102. The number of benzene rings is 2. The lowest BCUT2D eigenvalue weighted by Crippen LogP contribution is -2.46. The van der Waals surface area contributed by atoms with Gasteiger partial charge in [-0.15, -0.1) is 0 Å². The number of aromatic hydroxyl groups is 1. The van der Waals surface area contributed by atoms with E-state index in [1.807, 2.05) is 56.3 Å². The van der Waals surface area contributed by atoms with Gasteiger partial charge in [0, 0.05) is 53.6 Å². The first-order valence-electron chi connectivity index (χ1n) is 14.1. The van der Waals surface area contributed by atoms with Crippen molar-refractivity contribution in [3.8, 4) is 34.0 Å². The Kier molecular flexibility index (Phi) is 9.36. The monoisotopic (exact) mass is 607 g/mol. The molecule has 5 rings (SSSR count). The van der Waals surface area contributed by atoms with Crippen molar-refractivity contribution in [2.24, 2.45) is 5.92 Å². The molecule has 1 aliphatic rings. The first kappa shape index (κ1) is 29.9. The van der Waals surface area contributed by atoms with Crippen LogP contribution in [0.25, 0.3) is 22.5 Å². The van der Waals surface area contributed by atoms with Gasteiger partial charge in [0.15, 0.2) is 0 Å². The van der Waals surface area contributed by atoms with Crippen LogP contribution in [-0.2, 0) is 10.2 Å². The number of nitrogens with zero attached hydrogens (tertiary/aromatic N) is 3. The number of carbonyl (C=O) groups is 1. The highest BCUT2D eigenvalue weighted by atomic mass is 35.5. The number of aromatic amines is 1. The zero-order valence-electron chi connectivity index (χ0n) is 23.7. The number of halogens is 2. The second-order valence-electron chi connectivity index (χ2n) is 11.3. The molecule has 0 saturated carbocycles. The largest absolute Gasteiger partial charge is 0.506 e. The highest BCUT2D eigenvalue weighted by Crippen LogP contribution is 2.36. The number of amides is 1. The average molecular weight is 609 g/mol. The van der Waals surface area contributed by atoms with Gasteiger partial charge in [0.05, 0.1) is 22.3 Å². The maximum atomic E-state index is 13.3. The van der Waals surface area contributed by atoms with E-state index in [0.29, 0.717) is 30.4 Å².